The number of ether oxygens (including phenoxy) is 1. The summed E-state index contributed by atoms with van der Waals surface area (Å²) in [6.45, 7) is 2.71. The molecule has 2 aliphatic rings. The lowest BCUT2D eigenvalue weighted by Crippen LogP contribution is -2.43. The summed E-state index contributed by atoms with van der Waals surface area (Å²) in [6.07, 6.45) is 7.29. The van der Waals surface area contributed by atoms with Crippen molar-refractivity contribution in [2.75, 3.05) is 26.3 Å². The Morgan fingerprint density at radius 1 is 1.15 bits per heavy atom. The zero-order valence-electron chi connectivity index (χ0n) is 18.7. The van der Waals surface area contributed by atoms with Crippen LogP contribution in [-0.2, 0) is 16.0 Å². The van der Waals surface area contributed by atoms with Gasteiger partial charge in [-0.25, -0.2) is 14.6 Å². The summed E-state index contributed by atoms with van der Waals surface area (Å²) in [4.78, 5) is 28.8. The predicted octanol–water partition coefficient (Wildman–Crippen LogP) is 3.94. The summed E-state index contributed by atoms with van der Waals surface area (Å²) in [6, 6.07) is 10.1. The second kappa shape index (κ2) is 9.03. The number of aromatic nitrogens is 5. The van der Waals surface area contributed by atoms with Crippen molar-refractivity contribution in [1.82, 2.24) is 29.6 Å². The highest BCUT2D eigenvalue weighted by molar-refractivity contribution is 9.10. The summed E-state index contributed by atoms with van der Waals surface area (Å²) in [7, 11) is 0. The van der Waals surface area contributed by atoms with Gasteiger partial charge in [-0.15, -0.1) is 0 Å². The van der Waals surface area contributed by atoms with Crippen molar-refractivity contribution < 1.29 is 9.53 Å². The minimum atomic E-state index is 0.109. The van der Waals surface area contributed by atoms with Crippen LogP contribution in [0.25, 0.3) is 27.6 Å². The average molecular weight is 521 g/mol. The maximum atomic E-state index is 12.9. The van der Waals surface area contributed by atoms with E-state index in [1.54, 1.807) is 6.20 Å². The molecular weight excluding hydrogens is 496 g/mol. The van der Waals surface area contributed by atoms with E-state index in [4.69, 9.17) is 9.72 Å². The fourth-order valence-electron chi connectivity index (χ4n) is 5.16. The maximum Gasteiger partial charge on any atom is 0.225 e. The van der Waals surface area contributed by atoms with Crippen LogP contribution in [0.15, 0.2) is 47.3 Å². The number of hydrogen-bond donors (Lipinski definition) is 0. The molecular formula is C25H25BrN6O2. The Balaban J connectivity index is 1.23. The molecule has 0 radical (unpaired) electrons. The Labute approximate surface area is 205 Å². The second-order valence-corrected chi connectivity index (χ2v) is 9.88. The first-order valence-electron chi connectivity index (χ1n) is 11.8. The highest BCUT2D eigenvalue weighted by Gasteiger charge is 2.33. The number of pyridine rings is 1. The van der Waals surface area contributed by atoms with E-state index in [2.05, 4.69) is 37.1 Å². The number of carbonyl (C=O) groups is 1. The molecule has 1 amide bonds. The molecule has 1 saturated heterocycles. The van der Waals surface area contributed by atoms with Gasteiger partial charge in [-0.1, -0.05) is 6.07 Å². The van der Waals surface area contributed by atoms with Crippen molar-refractivity contribution in [3.63, 3.8) is 0 Å². The van der Waals surface area contributed by atoms with Gasteiger partial charge in [0.1, 0.15) is 10.4 Å². The third-order valence-electron chi connectivity index (χ3n) is 6.94. The van der Waals surface area contributed by atoms with Crippen LogP contribution in [-0.4, -0.2) is 61.8 Å². The molecule has 2 fully saturated rings. The minimum absolute atomic E-state index is 0.109. The number of rotatable bonds is 4. The Morgan fingerprint density at radius 3 is 2.91 bits per heavy atom. The van der Waals surface area contributed by atoms with Crippen LogP contribution in [0.4, 0.5) is 0 Å². The van der Waals surface area contributed by atoms with Gasteiger partial charge in [0.2, 0.25) is 5.91 Å². The number of benzene rings is 1. The number of nitrogens with zero attached hydrogens (tertiary/aromatic N) is 6. The van der Waals surface area contributed by atoms with Crippen LogP contribution in [0.5, 0.6) is 0 Å². The van der Waals surface area contributed by atoms with Crippen LogP contribution in [0.3, 0.4) is 0 Å². The van der Waals surface area contributed by atoms with Gasteiger partial charge in [0, 0.05) is 43.2 Å². The van der Waals surface area contributed by atoms with Crippen molar-refractivity contribution >= 4 is 43.8 Å². The van der Waals surface area contributed by atoms with Gasteiger partial charge < -0.3 is 9.64 Å². The van der Waals surface area contributed by atoms with E-state index < -0.39 is 0 Å². The van der Waals surface area contributed by atoms with Gasteiger partial charge in [-0.05, 0) is 65.4 Å². The third kappa shape index (κ3) is 4.07. The van der Waals surface area contributed by atoms with Crippen LogP contribution < -0.4 is 0 Å². The van der Waals surface area contributed by atoms with Gasteiger partial charge in [0.15, 0.2) is 5.65 Å². The van der Waals surface area contributed by atoms with Crippen molar-refractivity contribution in [3.05, 3.63) is 53.2 Å². The number of carbonyl (C=O) groups excluding carboxylic acids is 1. The topological polar surface area (TPSA) is 86.0 Å². The molecule has 0 bridgehead atoms. The molecule has 4 heterocycles. The van der Waals surface area contributed by atoms with E-state index in [1.165, 1.54) is 0 Å². The summed E-state index contributed by atoms with van der Waals surface area (Å²) in [5.74, 6) is 1.61. The van der Waals surface area contributed by atoms with Crippen molar-refractivity contribution in [1.29, 1.82) is 0 Å². The van der Waals surface area contributed by atoms with Crippen molar-refractivity contribution in [2.45, 2.75) is 25.7 Å². The fraction of sp³-hybridized carbons (Fsp3) is 0.400. The first kappa shape index (κ1) is 21.6. The van der Waals surface area contributed by atoms with Crippen molar-refractivity contribution in [3.8, 4) is 5.69 Å². The highest BCUT2D eigenvalue weighted by Crippen LogP contribution is 2.34. The number of hydrogen-bond acceptors (Lipinski definition) is 6. The summed E-state index contributed by atoms with van der Waals surface area (Å²) in [5, 5.41) is 6.61. The second-order valence-electron chi connectivity index (χ2n) is 9.12. The lowest BCUT2D eigenvalue weighted by molar-refractivity contribution is -0.139. The molecule has 2 atom stereocenters. The Morgan fingerprint density at radius 2 is 2.03 bits per heavy atom. The van der Waals surface area contributed by atoms with Gasteiger partial charge in [0.05, 0.1) is 29.8 Å². The van der Waals surface area contributed by atoms with E-state index in [0.29, 0.717) is 32.2 Å². The number of fused-ring (bicyclic) bond motifs is 2. The quantitative estimate of drug-likeness (QED) is 0.405. The Hall–Kier alpha value is -2.91. The normalized spacial score (nSPS) is 20.9. The summed E-state index contributed by atoms with van der Waals surface area (Å²) >= 11 is 3.56. The lowest BCUT2D eigenvalue weighted by atomic mass is 10.0. The molecule has 4 aromatic rings. The molecule has 0 spiro atoms. The van der Waals surface area contributed by atoms with Gasteiger partial charge in [-0.3, -0.25) is 9.78 Å². The van der Waals surface area contributed by atoms with Crippen LogP contribution in [0.1, 0.15) is 25.1 Å². The molecule has 1 aliphatic heterocycles. The van der Waals surface area contributed by atoms with Gasteiger partial charge in [0.25, 0.3) is 0 Å². The Kier molecular flexibility index (Phi) is 5.74. The number of morpholine rings is 1. The first-order valence-corrected chi connectivity index (χ1v) is 12.6. The smallest absolute Gasteiger partial charge is 0.225 e. The molecule has 34 heavy (non-hydrogen) atoms. The average Bonchev–Trinajstić information content (AvgIpc) is 3.48. The molecule has 1 aliphatic carbocycles. The third-order valence-corrected chi connectivity index (χ3v) is 7.53. The molecule has 1 aromatic carbocycles. The molecule has 6 rings (SSSR count). The monoisotopic (exact) mass is 520 g/mol. The lowest BCUT2D eigenvalue weighted by Gasteiger charge is -2.29. The predicted molar refractivity (Wildman–Crippen MR) is 132 cm³/mol. The summed E-state index contributed by atoms with van der Waals surface area (Å²) in [5.41, 5.74) is 2.65. The van der Waals surface area contributed by atoms with E-state index >= 15 is 0 Å². The maximum absolute atomic E-state index is 12.9. The number of amides is 1. The number of halogens is 1. The highest BCUT2D eigenvalue weighted by atomic mass is 79.9. The van der Waals surface area contributed by atoms with Crippen LogP contribution >= 0.6 is 15.9 Å². The zero-order valence-corrected chi connectivity index (χ0v) is 20.3. The van der Waals surface area contributed by atoms with E-state index in [1.807, 2.05) is 40.0 Å². The summed E-state index contributed by atoms with van der Waals surface area (Å²) < 4.78 is 7.97. The molecule has 3 aromatic heterocycles. The van der Waals surface area contributed by atoms with E-state index in [-0.39, 0.29) is 11.8 Å². The SMILES string of the molecule is O=C([C@@H]1CC[C@@H](Cc2ncc3c(Br)nn(-c4ccc5ncccc5c4)c3n2)C1)N1CCOCC1. The molecule has 9 heteroatoms. The molecule has 1 saturated carbocycles. The minimum Gasteiger partial charge on any atom is -0.378 e. The van der Waals surface area contributed by atoms with E-state index in [9.17, 15) is 4.79 Å². The fourth-order valence-corrected chi connectivity index (χ4v) is 5.60. The Bertz CT molecular complexity index is 1370. The molecule has 0 N–H and O–H groups in total. The molecule has 8 nitrogen and oxygen atoms in total. The first-order chi connectivity index (χ1) is 16.7. The molecule has 0 unspecified atom stereocenters. The largest absolute Gasteiger partial charge is 0.378 e. The van der Waals surface area contributed by atoms with Gasteiger partial charge in [-0.2, -0.15) is 5.10 Å². The van der Waals surface area contributed by atoms with E-state index in [0.717, 1.165) is 63.7 Å². The standard InChI is InChI=1S/C25H25BrN6O2/c26-23-20-15-28-22(13-16-3-4-18(12-16)25(33)31-8-10-34-11-9-31)29-24(20)32(30-23)19-5-6-21-17(14-19)2-1-7-27-21/h1-2,5-7,14-16,18H,3-4,8-13H2/t16-,18-/m1/s1. The van der Waals surface area contributed by atoms with Crippen molar-refractivity contribution in [2.24, 2.45) is 11.8 Å². The van der Waals surface area contributed by atoms with Crippen LogP contribution in [0.2, 0.25) is 0 Å². The van der Waals surface area contributed by atoms with Crippen LogP contribution in [0, 0.1) is 11.8 Å². The molecule has 174 valence electrons. The van der Waals surface area contributed by atoms with Gasteiger partial charge >= 0.3 is 0 Å². The zero-order chi connectivity index (χ0) is 23.1.